The molecule has 0 radical (unpaired) electrons. The van der Waals surface area contributed by atoms with Gasteiger partial charge in [-0.25, -0.2) is 0 Å². The minimum absolute atomic E-state index is 0.0724. The predicted molar refractivity (Wildman–Crippen MR) is 126 cm³/mol. The third kappa shape index (κ3) is 4.40. The molecule has 0 bridgehead atoms. The van der Waals surface area contributed by atoms with Crippen molar-refractivity contribution in [3.63, 3.8) is 0 Å². The van der Waals surface area contributed by atoms with Crippen molar-refractivity contribution in [2.45, 2.75) is 51.7 Å². The van der Waals surface area contributed by atoms with Crippen LogP contribution in [-0.4, -0.2) is 48.1 Å². The van der Waals surface area contributed by atoms with Gasteiger partial charge >= 0.3 is 0 Å². The molecule has 0 unspecified atom stereocenters. The molecule has 0 saturated carbocycles. The Labute approximate surface area is 194 Å². The average Bonchev–Trinajstić information content (AvgIpc) is 3.29. The van der Waals surface area contributed by atoms with E-state index >= 15 is 0 Å². The first-order valence-electron chi connectivity index (χ1n) is 11.5. The van der Waals surface area contributed by atoms with Crippen LogP contribution in [0.3, 0.4) is 0 Å². The Bertz CT molecular complexity index is 1090. The molecule has 1 N–H and O–H groups in total. The zero-order chi connectivity index (χ0) is 23.7. The van der Waals surface area contributed by atoms with E-state index in [9.17, 15) is 14.7 Å². The molecule has 2 atom stereocenters. The quantitative estimate of drug-likeness (QED) is 0.290. The highest BCUT2D eigenvalue weighted by Gasteiger charge is 2.45. The monoisotopic (exact) mass is 449 g/mol. The number of methoxy groups -OCH3 is 1. The second-order valence-corrected chi connectivity index (χ2v) is 9.12. The van der Waals surface area contributed by atoms with E-state index in [1.54, 1.807) is 18.1 Å². The van der Waals surface area contributed by atoms with Gasteiger partial charge in [-0.2, -0.15) is 0 Å². The lowest BCUT2D eigenvalue weighted by Gasteiger charge is -2.25. The molecule has 1 saturated heterocycles. The number of aliphatic hydroxyl groups is 1. The maximum absolute atomic E-state index is 13.1. The molecule has 174 valence electrons. The molecule has 2 aromatic rings. The minimum Gasteiger partial charge on any atom is -0.507 e. The van der Waals surface area contributed by atoms with E-state index in [1.165, 1.54) is 5.56 Å². The van der Waals surface area contributed by atoms with Crippen molar-refractivity contribution < 1.29 is 24.2 Å². The van der Waals surface area contributed by atoms with Gasteiger partial charge in [0, 0.05) is 32.2 Å². The summed E-state index contributed by atoms with van der Waals surface area (Å²) in [6.45, 7) is 7.06. The van der Waals surface area contributed by atoms with Crippen LogP contribution in [0.5, 0.6) is 5.75 Å². The first-order valence-corrected chi connectivity index (χ1v) is 11.5. The van der Waals surface area contributed by atoms with Crippen molar-refractivity contribution in [1.29, 1.82) is 0 Å². The zero-order valence-corrected chi connectivity index (χ0v) is 19.6. The molecule has 33 heavy (non-hydrogen) atoms. The van der Waals surface area contributed by atoms with Crippen LogP contribution >= 0.6 is 0 Å². The van der Waals surface area contributed by atoms with Gasteiger partial charge in [0.2, 0.25) is 0 Å². The zero-order valence-electron chi connectivity index (χ0n) is 19.6. The molecule has 0 aliphatic carbocycles. The smallest absolute Gasteiger partial charge is 0.295 e. The first kappa shape index (κ1) is 23.1. The van der Waals surface area contributed by atoms with Crippen LogP contribution in [0.2, 0.25) is 0 Å². The standard InChI is InChI=1S/C27H31NO5/c1-16(2)18-6-8-19(9-7-18)24-23(26(30)27(31)28(24)12-5-13-32-4)25(29)20-10-11-22-21(15-20)14-17(3)33-22/h6-11,15-17,24,29H,5,12-14H2,1-4H3/b25-23+/t17-,24+/m1/s1. The van der Waals surface area contributed by atoms with Crippen LogP contribution in [0, 0.1) is 0 Å². The lowest BCUT2D eigenvalue weighted by Crippen LogP contribution is -2.31. The Balaban J connectivity index is 1.79. The predicted octanol–water partition coefficient (Wildman–Crippen LogP) is 4.59. The van der Waals surface area contributed by atoms with Crippen LogP contribution in [-0.2, 0) is 20.7 Å². The molecule has 2 aromatic carbocycles. The molecule has 1 amide bonds. The molecular formula is C27H31NO5. The number of ether oxygens (including phenoxy) is 2. The van der Waals surface area contributed by atoms with Gasteiger partial charge in [-0.3, -0.25) is 9.59 Å². The van der Waals surface area contributed by atoms with E-state index in [-0.39, 0.29) is 17.4 Å². The van der Waals surface area contributed by atoms with Crippen LogP contribution in [0.15, 0.2) is 48.0 Å². The van der Waals surface area contributed by atoms with Gasteiger partial charge < -0.3 is 19.5 Å². The SMILES string of the molecule is COCCCN1C(=O)C(=O)/C(=C(/O)c2ccc3c(c2)C[C@@H](C)O3)[C@@H]1c1ccc(C(C)C)cc1. The van der Waals surface area contributed by atoms with E-state index in [2.05, 4.69) is 13.8 Å². The Morgan fingerprint density at radius 1 is 1.18 bits per heavy atom. The molecule has 6 nitrogen and oxygen atoms in total. The van der Waals surface area contributed by atoms with E-state index in [1.807, 2.05) is 43.3 Å². The number of carbonyl (C=O) groups excluding carboxylic acids is 2. The molecular weight excluding hydrogens is 418 g/mol. The van der Waals surface area contributed by atoms with E-state index in [0.29, 0.717) is 31.1 Å². The van der Waals surface area contributed by atoms with Gasteiger partial charge in [-0.15, -0.1) is 0 Å². The fraction of sp³-hybridized carbons (Fsp3) is 0.407. The molecule has 2 aliphatic rings. The number of hydrogen-bond acceptors (Lipinski definition) is 5. The summed E-state index contributed by atoms with van der Waals surface area (Å²) in [4.78, 5) is 27.7. The second kappa shape index (κ2) is 9.40. The number of carbonyl (C=O) groups is 2. The Kier molecular flexibility index (Phi) is 6.56. The van der Waals surface area contributed by atoms with Crippen molar-refractivity contribution in [3.05, 3.63) is 70.3 Å². The molecule has 0 aromatic heterocycles. The number of benzene rings is 2. The number of Topliss-reactive ketones (excluding diaryl/α,β-unsaturated/α-hetero) is 1. The highest BCUT2D eigenvalue weighted by atomic mass is 16.5. The highest BCUT2D eigenvalue weighted by Crippen LogP contribution is 2.41. The Morgan fingerprint density at radius 3 is 2.58 bits per heavy atom. The molecule has 0 spiro atoms. The highest BCUT2D eigenvalue weighted by molar-refractivity contribution is 6.46. The largest absolute Gasteiger partial charge is 0.507 e. The van der Waals surface area contributed by atoms with Gasteiger partial charge in [-0.1, -0.05) is 38.1 Å². The Morgan fingerprint density at radius 2 is 1.91 bits per heavy atom. The third-order valence-electron chi connectivity index (χ3n) is 6.38. The summed E-state index contributed by atoms with van der Waals surface area (Å²) in [6, 6.07) is 12.7. The van der Waals surface area contributed by atoms with Crippen molar-refractivity contribution in [1.82, 2.24) is 4.90 Å². The lowest BCUT2D eigenvalue weighted by molar-refractivity contribution is -0.140. The summed E-state index contributed by atoms with van der Waals surface area (Å²) in [5, 5.41) is 11.3. The summed E-state index contributed by atoms with van der Waals surface area (Å²) in [5.74, 6) is -0.248. The van der Waals surface area contributed by atoms with Crippen LogP contribution in [0.4, 0.5) is 0 Å². The fourth-order valence-corrected chi connectivity index (χ4v) is 4.62. The van der Waals surface area contributed by atoms with Crippen molar-refractivity contribution >= 4 is 17.4 Å². The Hall–Kier alpha value is -3.12. The number of rotatable bonds is 7. The normalized spacial score (nSPS) is 21.5. The number of aliphatic hydroxyl groups excluding tert-OH is 1. The summed E-state index contributed by atoms with van der Waals surface area (Å²) in [6.07, 6.45) is 1.41. The van der Waals surface area contributed by atoms with Crippen LogP contribution in [0.25, 0.3) is 5.76 Å². The molecule has 2 heterocycles. The second-order valence-electron chi connectivity index (χ2n) is 9.12. The van der Waals surface area contributed by atoms with Crippen LogP contribution < -0.4 is 4.74 Å². The number of hydrogen-bond donors (Lipinski definition) is 1. The van der Waals surface area contributed by atoms with Gasteiger partial charge in [0.1, 0.15) is 17.6 Å². The number of nitrogens with zero attached hydrogens (tertiary/aromatic N) is 1. The minimum atomic E-state index is -0.659. The van der Waals surface area contributed by atoms with Crippen molar-refractivity contribution in [2.75, 3.05) is 20.3 Å². The lowest BCUT2D eigenvalue weighted by atomic mass is 9.92. The van der Waals surface area contributed by atoms with Crippen LogP contribution in [0.1, 0.15) is 61.4 Å². The summed E-state index contributed by atoms with van der Waals surface area (Å²) in [5.41, 5.74) is 3.60. The fourth-order valence-electron chi connectivity index (χ4n) is 4.62. The summed E-state index contributed by atoms with van der Waals surface area (Å²) >= 11 is 0. The number of amides is 1. The topological polar surface area (TPSA) is 76.1 Å². The van der Waals surface area contributed by atoms with Gasteiger partial charge in [0.25, 0.3) is 11.7 Å². The summed E-state index contributed by atoms with van der Waals surface area (Å²) < 4.78 is 10.9. The number of ketones is 1. The van der Waals surface area contributed by atoms with Crippen molar-refractivity contribution in [2.24, 2.45) is 0 Å². The molecule has 6 heteroatoms. The van der Waals surface area contributed by atoms with Gasteiger partial charge in [-0.05, 0) is 54.2 Å². The molecule has 2 aliphatic heterocycles. The molecule has 4 rings (SSSR count). The van der Waals surface area contributed by atoms with E-state index in [4.69, 9.17) is 9.47 Å². The summed E-state index contributed by atoms with van der Waals surface area (Å²) in [7, 11) is 1.61. The maximum Gasteiger partial charge on any atom is 0.295 e. The first-order chi connectivity index (χ1) is 15.8. The van der Waals surface area contributed by atoms with Gasteiger partial charge in [0.15, 0.2) is 0 Å². The molecule has 1 fully saturated rings. The van der Waals surface area contributed by atoms with E-state index in [0.717, 1.165) is 23.3 Å². The van der Waals surface area contributed by atoms with Gasteiger partial charge in [0.05, 0.1) is 11.6 Å². The maximum atomic E-state index is 13.1. The van der Waals surface area contributed by atoms with E-state index < -0.39 is 17.7 Å². The number of fused-ring (bicyclic) bond motifs is 1. The van der Waals surface area contributed by atoms with Crippen molar-refractivity contribution in [3.8, 4) is 5.75 Å². The number of likely N-dealkylation sites (tertiary alicyclic amines) is 1. The average molecular weight is 450 g/mol. The third-order valence-corrected chi connectivity index (χ3v) is 6.38.